The third-order valence-corrected chi connectivity index (χ3v) is 6.15. The first kappa shape index (κ1) is 21.2. The van der Waals surface area contributed by atoms with Crippen LogP contribution in [0.15, 0.2) is 75.9 Å². The van der Waals surface area contributed by atoms with Gasteiger partial charge in [0.05, 0.1) is 23.6 Å². The summed E-state index contributed by atoms with van der Waals surface area (Å²) in [6, 6.07) is 19.0. The number of aryl methyl sites for hydroxylation is 1. The minimum Gasteiger partial charge on any atom is -0.457 e. The molecule has 1 amide bonds. The summed E-state index contributed by atoms with van der Waals surface area (Å²) in [4.78, 5) is 28.2. The molecule has 1 N–H and O–H groups in total. The van der Waals surface area contributed by atoms with Gasteiger partial charge in [0.2, 0.25) is 5.76 Å². The van der Waals surface area contributed by atoms with E-state index in [1.807, 2.05) is 36.4 Å². The van der Waals surface area contributed by atoms with Crippen LogP contribution in [-0.4, -0.2) is 29.1 Å². The number of hydrogen-bond acceptors (Lipinski definition) is 5. The summed E-state index contributed by atoms with van der Waals surface area (Å²) in [5.41, 5.74) is 1.64. The minimum atomic E-state index is -0.722. The second-order valence-electron chi connectivity index (χ2n) is 7.88. The van der Waals surface area contributed by atoms with Gasteiger partial charge in [-0.25, -0.2) is 0 Å². The summed E-state index contributed by atoms with van der Waals surface area (Å²) in [6.45, 7) is 1.60. The van der Waals surface area contributed by atoms with Gasteiger partial charge < -0.3 is 19.2 Å². The first-order valence-electron chi connectivity index (χ1n) is 10.5. The fourth-order valence-corrected chi connectivity index (χ4v) is 4.36. The number of β-amino-alcohol motifs (C(OH)–C–C–N with tert-alkyl or cyclic N) is 1. The molecular formula is C26H20ClNO5. The zero-order chi connectivity index (χ0) is 23.1. The monoisotopic (exact) mass is 461 g/mol. The fraction of sp³-hybridized carbons (Fsp3) is 0.154. The molecule has 0 saturated heterocycles. The van der Waals surface area contributed by atoms with E-state index in [1.165, 1.54) is 4.90 Å². The lowest BCUT2D eigenvalue weighted by Gasteiger charge is -2.24. The molecule has 0 unspecified atom stereocenters. The van der Waals surface area contributed by atoms with Crippen LogP contribution in [0.1, 0.15) is 33.3 Å². The van der Waals surface area contributed by atoms with Gasteiger partial charge in [-0.15, -0.1) is 0 Å². The smallest absolute Gasteiger partial charge is 0.290 e. The number of halogens is 1. The molecule has 0 saturated carbocycles. The third-order valence-electron chi connectivity index (χ3n) is 5.74. The van der Waals surface area contributed by atoms with Crippen LogP contribution in [0.2, 0.25) is 5.02 Å². The van der Waals surface area contributed by atoms with Crippen molar-refractivity contribution in [1.82, 2.24) is 4.90 Å². The highest BCUT2D eigenvalue weighted by molar-refractivity contribution is 6.32. The Labute approximate surface area is 194 Å². The number of fused-ring (bicyclic) bond motifs is 2. The molecule has 0 bridgehead atoms. The maximum absolute atomic E-state index is 13.5. The van der Waals surface area contributed by atoms with Gasteiger partial charge in [0.1, 0.15) is 17.1 Å². The number of aliphatic hydroxyl groups is 1. The summed E-state index contributed by atoms with van der Waals surface area (Å²) in [5, 5.41) is 10.4. The maximum Gasteiger partial charge on any atom is 0.290 e. The number of nitrogens with zero attached hydrogens (tertiary/aromatic N) is 1. The molecule has 6 nitrogen and oxygen atoms in total. The fourth-order valence-electron chi connectivity index (χ4n) is 4.20. The van der Waals surface area contributed by atoms with Crippen molar-refractivity contribution in [2.24, 2.45) is 0 Å². The summed E-state index contributed by atoms with van der Waals surface area (Å²) >= 11 is 6.26. The molecule has 5 rings (SSSR count). The van der Waals surface area contributed by atoms with Crippen LogP contribution >= 0.6 is 11.6 Å². The van der Waals surface area contributed by atoms with Gasteiger partial charge in [-0.2, -0.15) is 0 Å². The number of carbonyl (C=O) groups excluding carboxylic acids is 1. The van der Waals surface area contributed by atoms with Crippen LogP contribution in [0.3, 0.4) is 0 Å². The van der Waals surface area contributed by atoms with Crippen LogP contribution in [0, 0.1) is 6.92 Å². The molecule has 0 fully saturated rings. The molecule has 4 aromatic rings. The highest BCUT2D eigenvalue weighted by Crippen LogP contribution is 2.39. The van der Waals surface area contributed by atoms with Gasteiger partial charge in [-0.3, -0.25) is 9.59 Å². The van der Waals surface area contributed by atoms with Gasteiger partial charge >= 0.3 is 0 Å². The van der Waals surface area contributed by atoms with E-state index in [1.54, 1.807) is 37.3 Å². The molecule has 166 valence electrons. The summed E-state index contributed by atoms with van der Waals surface area (Å²) in [7, 11) is 0. The van der Waals surface area contributed by atoms with Crippen LogP contribution in [0.25, 0.3) is 11.0 Å². The van der Waals surface area contributed by atoms with Crippen LogP contribution in [0.4, 0.5) is 0 Å². The quantitative estimate of drug-likeness (QED) is 0.448. The lowest BCUT2D eigenvalue weighted by Crippen LogP contribution is -2.32. The number of ether oxygens (including phenoxy) is 1. The zero-order valence-corrected chi connectivity index (χ0v) is 18.5. The maximum atomic E-state index is 13.5. The average Bonchev–Trinajstić information content (AvgIpc) is 3.08. The summed E-state index contributed by atoms with van der Waals surface area (Å²) in [6.07, 6.45) is 0. The second kappa shape index (κ2) is 8.39. The molecule has 1 aliphatic rings. The Kier molecular flexibility index (Phi) is 5.40. The molecule has 7 heteroatoms. The SMILES string of the molecule is Cc1cc2oc3c(c(=O)c2cc1Cl)[C@H](c1cccc(Oc2ccccc2)c1)N(CCO)C3=O. The Morgan fingerprint density at radius 2 is 1.79 bits per heavy atom. The standard InChI is InChI=1S/C26H20ClNO5/c1-15-12-21-19(14-20(15)27)24(30)22-23(28(10-11-29)26(31)25(22)33-21)16-6-5-9-18(13-16)32-17-7-3-2-4-8-17/h2-9,12-14,23,29H,10-11H2,1H3/t23-/m0/s1. The molecule has 3 aromatic carbocycles. The highest BCUT2D eigenvalue weighted by Gasteiger charge is 2.42. The van der Waals surface area contributed by atoms with Crippen molar-refractivity contribution in [3.63, 3.8) is 0 Å². The average molecular weight is 462 g/mol. The normalized spacial score (nSPS) is 15.2. The van der Waals surface area contributed by atoms with Crippen molar-refractivity contribution in [2.75, 3.05) is 13.2 Å². The van der Waals surface area contributed by atoms with Gasteiger partial charge in [0, 0.05) is 11.6 Å². The molecule has 0 spiro atoms. The predicted octanol–water partition coefficient (Wildman–Crippen LogP) is 5.08. The Morgan fingerprint density at radius 1 is 1.03 bits per heavy atom. The zero-order valence-electron chi connectivity index (χ0n) is 17.7. The first-order chi connectivity index (χ1) is 16.0. The van der Waals surface area contributed by atoms with Gasteiger partial charge in [0.25, 0.3) is 5.91 Å². The molecular weight excluding hydrogens is 442 g/mol. The van der Waals surface area contributed by atoms with E-state index in [9.17, 15) is 14.7 Å². The van der Waals surface area contributed by atoms with Crippen LogP contribution in [-0.2, 0) is 0 Å². The lowest BCUT2D eigenvalue weighted by atomic mass is 9.98. The molecule has 1 aliphatic heterocycles. The number of amides is 1. The number of benzene rings is 3. The van der Waals surface area contributed by atoms with Gasteiger partial charge in [-0.1, -0.05) is 41.9 Å². The number of rotatable bonds is 5. The van der Waals surface area contributed by atoms with E-state index < -0.39 is 11.9 Å². The Bertz CT molecular complexity index is 1430. The summed E-state index contributed by atoms with van der Waals surface area (Å²) < 4.78 is 11.9. The van der Waals surface area contributed by atoms with Crippen LogP contribution < -0.4 is 10.2 Å². The lowest BCUT2D eigenvalue weighted by molar-refractivity contribution is 0.0691. The number of aliphatic hydroxyl groups excluding tert-OH is 1. The molecule has 1 aromatic heterocycles. The van der Waals surface area contributed by atoms with Crippen molar-refractivity contribution >= 4 is 28.5 Å². The topological polar surface area (TPSA) is 80.0 Å². The van der Waals surface area contributed by atoms with Crippen molar-refractivity contribution in [3.8, 4) is 11.5 Å². The van der Waals surface area contributed by atoms with Gasteiger partial charge in [-0.05, 0) is 54.4 Å². The molecule has 0 radical (unpaired) electrons. The van der Waals surface area contributed by atoms with E-state index in [2.05, 4.69) is 0 Å². The van der Waals surface area contributed by atoms with E-state index in [-0.39, 0.29) is 29.9 Å². The largest absolute Gasteiger partial charge is 0.457 e. The van der Waals surface area contributed by atoms with E-state index in [0.717, 1.165) is 5.56 Å². The number of para-hydroxylation sites is 1. The summed E-state index contributed by atoms with van der Waals surface area (Å²) in [5.74, 6) is 0.778. The third kappa shape index (κ3) is 3.67. The molecule has 0 aliphatic carbocycles. The molecule has 2 heterocycles. The van der Waals surface area contributed by atoms with Crippen molar-refractivity contribution in [1.29, 1.82) is 0 Å². The van der Waals surface area contributed by atoms with Gasteiger partial charge in [0.15, 0.2) is 5.43 Å². The van der Waals surface area contributed by atoms with Crippen molar-refractivity contribution in [2.45, 2.75) is 13.0 Å². The Balaban J connectivity index is 1.67. The first-order valence-corrected chi connectivity index (χ1v) is 10.9. The Morgan fingerprint density at radius 3 is 2.55 bits per heavy atom. The van der Waals surface area contributed by atoms with Crippen molar-refractivity contribution in [3.05, 3.63) is 104 Å². The van der Waals surface area contributed by atoms with Crippen LogP contribution in [0.5, 0.6) is 11.5 Å². The van der Waals surface area contributed by atoms with E-state index >= 15 is 0 Å². The Hall–Kier alpha value is -3.61. The van der Waals surface area contributed by atoms with Crippen molar-refractivity contribution < 1.29 is 19.1 Å². The molecule has 33 heavy (non-hydrogen) atoms. The van der Waals surface area contributed by atoms with E-state index in [0.29, 0.717) is 33.1 Å². The second-order valence-corrected chi connectivity index (χ2v) is 8.29. The number of carbonyl (C=O) groups is 1. The minimum absolute atomic E-state index is 0.0120. The molecule has 1 atom stereocenters. The van der Waals surface area contributed by atoms with E-state index in [4.69, 9.17) is 20.8 Å². The predicted molar refractivity (Wildman–Crippen MR) is 125 cm³/mol. The number of hydrogen-bond donors (Lipinski definition) is 1. The highest BCUT2D eigenvalue weighted by atomic mass is 35.5.